The monoisotopic (exact) mass is 372 g/mol. The Morgan fingerprint density at radius 2 is 1.62 bits per heavy atom. The van der Waals surface area contributed by atoms with Crippen molar-refractivity contribution < 1.29 is 13.5 Å². The standard InChI is InChI=1S/C20H24N2O3S/c23-20(15-16-5-9-21-10-6-16)7-11-22(12-8-20)26(24,25)19-13-17-3-1-2-4-18(17)14-19/h1-6,9-10,19,23H,7-8,11-15H2. The van der Waals surface area contributed by atoms with Crippen LogP contribution < -0.4 is 0 Å². The molecule has 1 aromatic carbocycles. The molecular weight excluding hydrogens is 348 g/mol. The minimum Gasteiger partial charge on any atom is -0.389 e. The Kier molecular flexibility index (Phi) is 4.59. The van der Waals surface area contributed by atoms with Gasteiger partial charge in [0.1, 0.15) is 0 Å². The van der Waals surface area contributed by atoms with Crippen LogP contribution in [-0.4, -0.2) is 46.8 Å². The van der Waals surface area contributed by atoms with E-state index in [1.54, 1.807) is 16.7 Å². The minimum atomic E-state index is -3.34. The molecule has 0 radical (unpaired) electrons. The Labute approximate surface area is 154 Å². The molecule has 1 saturated heterocycles. The van der Waals surface area contributed by atoms with Gasteiger partial charge in [-0.3, -0.25) is 4.98 Å². The summed E-state index contributed by atoms with van der Waals surface area (Å²) in [6, 6.07) is 11.8. The summed E-state index contributed by atoms with van der Waals surface area (Å²) in [4.78, 5) is 4.00. The second-order valence-corrected chi connectivity index (χ2v) is 9.71. The van der Waals surface area contributed by atoms with Gasteiger partial charge in [-0.1, -0.05) is 24.3 Å². The van der Waals surface area contributed by atoms with Gasteiger partial charge in [0.15, 0.2) is 0 Å². The lowest BCUT2D eigenvalue weighted by molar-refractivity contribution is -0.00457. The van der Waals surface area contributed by atoms with Crippen molar-refractivity contribution in [3.8, 4) is 0 Å². The zero-order chi connectivity index (χ0) is 18.2. The van der Waals surface area contributed by atoms with E-state index < -0.39 is 15.6 Å². The number of benzene rings is 1. The second kappa shape index (κ2) is 6.76. The zero-order valence-electron chi connectivity index (χ0n) is 14.7. The zero-order valence-corrected chi connectivity index (χ0v) is 15.5. The number of pyridine rings is 1. The molecule has 1 aromatic heterocycles. The maximum atomic E-state index is 13.1. The van der Waals surface area contributed by atoms with Gasteiger partial charge in [-0.25, -0.2) is 12.7 Å². The van der Waals surface area contributed by atoms with Crippen LogP contribution in [0.3, 0.4) is 0 Å². The number of aromatic nitrogens is 1. The third-order valence-corrected chi connectivity index (χ3v) is 7.99. The van der Waals surface area contributed by atoms with Gasteiger partial charge in [0.25, 0.3) is 0 Å². The van der Waals surface area contributed by atoms with Crippen molar-refractivity contribution >= 4 is 10.0 Å². The van der Waals surface area contributed by atoms with Gasteiger partial charge in [-0.15, -0.1) is 0 Å². The molecule has 138 valence electrons. The molecule has 6 heteroatoms. The molecular formula is C20H24N2O3S. The smallest absolute Gasteiger partial charge is 0.217 e. The number of hydrogen-bond acceptors (Lipinski definition) is 4. The number of aliphatic hydroxyl groups is 1. The van der Waals surface area contributed by atoms with Gasteiger partial charge in [0, 0.05) is 31.9 Å². The van der Waals surface area contributed by atoms with Gasteiger partial charge in [0.2, 0.25) is 10.0 Å². The quantitative estimate of drug-likeness (QED) is 0.891. The molecule has 26 heavy (non-hydrogen) atoms. The summed E-state index contributed by atoms with van der Waals surface area (Å²) in [5.74, 6) is 0. The number of sulfonamides is 1. The molecule has 0 unspecified atom stereocenters. The van der Waals surface area contributed by atoms with Crippen molar-refractivity contribution in [2.24, 2.45) is 0 Å². The third kappa shape index (κ3) is 3.41. The lowest BCUT2D eigenvalue weighted by Crippen LogP contribution is -2.50. The first-order valence-electron chi connectivity index (χ1n) is 9.13. The Morgan fingerprint density at radius 3 is 2.19 bits per heavy atom. The van der Waals surface area contributed by atoms with Gasteiger partial charge in [0.05, 0.1) is 10.9 Å². The summed E-state index contributed by atoms with van der Waals surface area (Å²) in [5.41, 5.74) is 2.48. The van der Waals surface area contributed by atoms with Crippen LogP contribution in [0.2, 0.25) is 0 Å². The predicted octanol–water partition coefficient (Wildman–Crippen LogP) is 1.95. The van der Waals surface area contributed by atoms with Crippen molar-refractivity contribution in [1.82, 2.24) is 9.29 Å². The predicted molar refractivity (Wildman–Crippen MR) is 100 cm³/mol. The summed E-state index contributed by atoms with van der Waals surface area (Å²) in [5, 5.41) is 10.5. The highest BCUT2D eigenvalue weighted by atomic mass is 32.2. The van der Waals surface area contributed by atoms with Crippen LogP contribution in [0.1, 0.15) is 29.5 Å². The average molecular weight is 372 g/mol. The van der Waals surface area contributed by atoms with E-state index in [0.29, 0.717) is 45.2 Å². The van der Waals surface area contributed by atoms with E-state index in [2.05, 4.69) is 4.98 Å². The van der Waals surface area contributed by atoms with Gasteiger partial charge < -0.3 is 5.11 Å². The molecule has 5 nitrogen and oxygen atoms in total. The minimum absolute atomic E-state index is 0.369. The van der Waals surface area contributed by atoms with E-state index in [1.165, 1.54) is 0 Å². The first-order valence-corrected chi connectivity index (χ1v) is 10.6. The molecule has 0 spiro atoms. The number of fused-ring (bicyclic) bond motifs is 1. The molecule has 2 aliphatic rings. The van der Waals surface area contributed by atoms with Gasteiger partial charge in [-0.2, -0.15) is 0 Å². The first-order chi connectivity index (χ1) is 12.5. The van der Waals surface area contributed by atoms with Crippen LogP contribution >= 0.6 is 0 Å². The summed E-state index contributed by atoms with van der Waals surface area (Å²) in [7, 11) is -3.34. The first kappa shape index (κ1) is 17.6. The molecule has 2 heterocycles. The normalized spacial score (nSPS) is 20.8. The molecule has 0 amide bonds. The number of rotatable bonds is 4. The second-order valence-electron chi connectivity index (χ2n) is 7.50. The van der Waals surface area contributed by atoms with Gasteiger partial charge >= 0.3 is 0 Å². The molecule has 1 aliphatic heterocycles. The largest absolute Gasteiger partial charge is 0.389 e. The van der Waals surface area contributed by atoms with E-state index in [0.717, 1.165) is 16.7 Å². The maximum absolute atomic E-state index is 13.1. The molecule has 0 saturated carbocycles. The highest BCUT2D eigenvalue weighted by molar-refractivity contribution is 7.89. The fourth-order valence-corrected chi connectivity index (χ4v) is 6.05. The SMILES string of the molecule is O=S(=O)(C1Cc2ccccc2C1)N1CCC(O)(Cc2ccncc2)CC1. The van der Waals surface area contributed by atoms with E-state index in [-0.39, 0.29) is 5.25 Å². The Hall–Kier alpha value is -1.76. The average Bonchev–Trinajstić information content (AvgIpc) is 3.08. The Bertz CT molecular complexity index is 850. The van der Waals surface area contributed by atoms with E-state index in [1.807, 2.05) is 36.4 Å². The van der Waals surface area contributed by atoms with Crippen molar-refractivity contribution in [2.45, 2.75) is 43.0 Å². The number of nitrogens with zero attached hydrogens (tertiary/aromatic N) is 2. The van der Waals surface area contributed by atoms with Crippen LogP contribution in [-0.2, 0) is 29.3 Å². The van der Waals surface area contributed by atoms with Crippen LogP contribution in [0.25, 0.3) is 0 Å². The highest BCUT2D eigenvalue weighted by Crippen LogP contribution is 2.32. The van der Waals surface area contributed by atoms with Crippen LogP contribution in [0.15, 0.2) is 48.8 Å². The van der Waals surface area contributed by atoms with Crippen molar-refractivity contribution in [2.75, 3.05) is 13.1 Å². The highest BCUT2D eigenvalue weighted by Gasteiger charge is 2.41. The summed E-state index contributed by atoms with van der Waals surface area (Å²) < 4.78 is 27.7. The van der Waals surface area contributed by atoms with Gasteiger partial charge in [-0.05, 0) is 54.5 Å². The van der Waals surface area contributed by atoms with Crippen LogP contribution in [0, 0.1) is 0 Å². The Morgan fingerprint density at radius 1 is 1.04 bits per heavy atom. The van der Waals surface area contributed by atoms with Crippen LogP contribution in [0.5, 0.6) is 0 Å². The molecule has 1 fully saturated rings. The van der Waals surface area contributed by atoms with Crippen molar-refractivity contribution in [3.63, 3.8) is 0 Å². The molecule has 0 atom stereocenters. The fraction of sp³-hybridized carbons (Fsp3) is 0.450. The summed E-state index contributed by atoms with van der Waals surface area (Å²) >= 11 is 0. The summed E-state index contributed by atoms with van der Waals surface area (Å²) in [6.45, 7) is 0.771. The lowest BCUT2D eigenvalue weighted by Gasteiger charge is -2.38. The summed E-state index contributed by atoms with van der Waals surface area (Å²) in [6.07, 6.45) is 6.10. The van der Waals surface area contributed by atoms with E-state index in [9.17, 15) is 13.5 Å². The topological polar surface area (TPSA) is 70.5 Å². The molecule has 1 N–H and O–H groups in total. The maximum Gasteiger partial charge on any atom is 0.217 e. The lowest BCUT2D eigenvalue weighted by atomic mass is 9.86. The molecule has 4 rings (SSSR count). The van der Waals surface area contributed by atoms with Crippen LogP contribution in [0.4, 0.5) is 0 Å². The molecule has 0 bridgehead atoms. The molecule has 1 aliphatic carbocycles. The third-order valence-electron chi connectivity index (χ3n) is 5.73. The Balaban J connectivity index is 1.41. The van der Waals surface area contributed by atoms with E-state index >= 15 is 0 Å². The number of hydrogen-bond donors (Lipinski definition) is 1. The van der Waals surface area contributed by atoms with E-state index in [4.69, 9.17) is 0 Å². The van der Waals surface area contributed by atoms with Crippen molar-refractivity contribution in [3.05, 3.63) is 65.5 Å². The molecule has 2 aromatic rings. The van der Waals surface area contributed by atoms with Crippen molar-refractivity contribution in [1.29, 1.82) is 0 Å². The fourth-order valence-electron chi connectivity index (χ4n) is 4.15. The number of piperidine rings is 1.